The van der Waals surface area contributed by atoms with Crippen LogP contribution in [-0.4, -0.2) is 242 Å². The lowest BCUT2D eigenvalue weighted by Crippen LogP contribution is -2.57. The smallest absolute Gasteiger partial charge is 0.278 e. The Morgan fingerprint density at radius 2 is 0.886 bits per heavy atom. The van der Waals surface area contributed by atoms with Crippen molar-refractivity contribution in [2.45, 2.75) is 177 Å². The average Bonchev–Trinajstić information content (AvgIpc) is 1.61. The molecular weight excluding hydrogens is 1810 g/mol. The number of aromatic nitrogens is 10. The molecule has 0 unspecified atom stereocenters. The predicted molar refractivity (Wildman–Crippen MR) is 551 cm³/mol. The number of rotatable bonds is 26. The fraction of sp³-hybridized carbons (Fsp3) is 0.404. The zero-order valence-electron chi connectivity index (χ0n) is 82.7. The number of aliphatic hydroxyl groups excluding tert-OH is 2. The molecule has 4 fully saturated rings. The number of carbonyl (C=O) groups excluding carboxylic acids is 6. The number of hydrogen-bond acceptors (Lipinski definition) is 26. The van der Waals surface area contributed by atoms with E-state index in [9.17, 15) is 53.7 Å². The van der Waals surface area contributed by atoms with Crippen LogP contribution < -0.4 is 57.6 Å². The summed E-state index contributed by atoms with van der Waals surface area (Å²) in [5, 5.41) is 53.9. The molecule has 16 rings (SSSR count). The molecule has 0 saturated carbocycles. The maximum absolute atomic E-state index is 13.3. The Morgan fingerprint density at radius 1 is 0.507 bits per heavy atom. The van der Waals surface area contributed by atoms with Crippen LogP contribution in [0.5, 0.6) is 5.88 Å². The van der Waals surface area contributed by atoms with Gasteiger partial charge in [0.1, 0.15) is 40.5 Å². The van der Waals surface area contributed by atoms with Gasteiger partial charge in [-0.3, -0.25) is 38.4 Å². The Labute approximate surface area is 824 Å². The number of amides is 6. The van der Waals surface area contributed by atoms with Crippen LogP contribution in [0.1, 0.15) is 136 Å². The van der Waals surface area contributed by atoms with Crippen molar-refractivity contribution < 1.29 is 48.8 Å². The number of aliphatic hydroxyl groups is 3. The van der Waals surface area contributed by atoms with Crippen LogP contribution in [0.3, 0.4) is 0 Å². The van der Waals surface area contributed by atoms with Crippen LogP contribution in [0.25, 0.3) is 54.6 Å². The highest BCUT2D eigenvalue weighted by atomic mass is 32.1. The van der Waals surface area contributed by atoms with E-state index in [1.807, 2.05) is 134 Å². The molecule has 740 valence electrons. The molecule has 140 heavy (non-hydrogen) atoms. The topological polar surface area (TPSA) is 395 Å². The van der Waals surface area contributed by atoms with E-state index in [4.69, 9.17) is 9.72 Å². The third-order valence-corrected chi connectivity index (χ3v) is 27.2. The number of aryl methyl sites for hydroxylation is 2. The van der Waals surface area contributed by atoms with Gasteiger partial charge in [0.05, 0.1) is 50.2 Å². The summed E-state index contributed by atoms with van der Waals surface area (Å²) in [5.41, 5.74) is 9.38. The molecule has 34 nitrogen and oxygen atoms in total. The van der Waals surface area contributed by atoms with Crippen LogP contribution >= 0.6 is 22.7 Å². The first kappa shape index (κ1) is 104. The first-order valence-corrected chi connectivity index (χ1v) is 48.8. The van der Waals surface area contributed by atoms with Crippen molar-refractivity contribution in [3.8, 4) is 38.4 Å². The molecule has 0 aliphatic carbocycles. The summed E-state index contributed by atoms with van der Waals surface area (Å²) in [5.74, 6) is 0.194. The van der Waals surface area contributed by atoms with Crippen molar-refractivity contribution >= 4 is 115 Å². The number of carbonyl (C=O) groups is 6. The Kier molecular flexibility index (Phi) is 33.4. The predicted octanol–water partition coefficient (Wildman–Crippen LogP) is 12.4. The molecule has 12 aromatic rings. The summed E-state index contributed by atoms with van der Waals surface area (Å²) in [6.07, 6.45) is 5.12. The lowest BCUT2D eigenvalue weighted by atomic mass is 9.85. The van der Waals surface area contributed by atoms with E-state index < -0.39 is 52.8 Å². The van der Waals surface area contributed by atoms with Crippen molar-refractivity contribution in [2.24, 2.45) is 10.8 Å². The van der Waals surface area contributed by atoms with Crippen LogP contribution in [0.4, 0.5) is 34.6 Å². The zero-order chi connectivity index (χ0) is 101. The van der Waals surface area contributed by atoms with Crippen molar-refractivity contribution in [3.05, 3.63) is 243 Å². The van der Waals surface area contributed by atoms with Crippen LogP contribution in [0.15, 0.2) is 204 Å². The number of allylic oxidation sites excluding steroid dienone is 2. The minimum absolute atomic E-state index is 0.0618. The largest absolute Gasteiger partial charge is 0.481 e. The summed E-state index contributed by atoms with van der Waals surface area (Å²) in [6, 6.07) is 43.8. The lowest BCUT2D eigenvalue weighted by Gasteiger charge is -2.35. The quantitative estimate of drug-likeness (QED) is 0.0227. The number of ether oxygens (including phenoxy) is 1. The number of likely N-dealkylation sites (tertiary alicyclic amines) is 2. The van der Waals surface area contributed by atoms with E-state index in [0.717, 1.165) is 86.0 Å². The number of pyridine rings is 2. The number of methoxy groups -OCH3 is 1. The molecule has 4 aromatic carbocycles. The van der Waals surface area contributed by atoms with Crippen LogP contribution in [0.2, 0.25) is 0 Å². The molecule has 0 radical (unpaired) electrons. The Balaban J connectivity index is 0.000000157. The number of anilines is 6. The Bertz CT molecular complexity index is 6350. The minimum Gasteiger partial charge on any atom is -0.481 e. The van der Waals surface area contributed by atoms with Gasteiger partial charge in [-0.15, -0.1) is 35.8 Å². The van der Waals surface area contributed by atoms with Gasteiger partial charge in [0.15, 0.2) is 22.9 Å². The monoisotopic (exact) mass is 1940 g/mol. The molecular formula is C104H130N22O12S2. The molecule has 0 spiro atoms. The highest BCUT2D eigenvalue weighted by Gasteiger charge is 2.47. The lowest BCUT2D eigenvalue weighted by molar-refractivity contribution is -0.144. The number of likely N-dealkylation sites (N-methyl/N-ethyl adjacent to an activating group) is 2. The van der Waals surface area contributed by atoms with E-state index >= 15 is 0 Å². The minimum atomic E-state index is -1.14. The van der Waals surface area contributed by atoms with Crippen molar-refractivity contribution in [1.82, 2.24) is 89.5 Å². The van der Waals surface area contributed by atoms with E-state index in [1.54, 1.807) is 102 Å². The molecule has 0 bridgehead atoms. The van der Waals surface area contributed by atoms with Gasteiger partial charge in [0, 0.05) is 143 Å². The van der Waals surface area contributed by atoms with Crippen LogP contribution in [0, 0.1) is 24.7 Å². The fourth-order valence-corrected chi connectivity index (χ4v) is 19.1. The number of thiophene rings is 2. The second-order valence-electron chi connectivity index (χ2n) is 38.6. The van der Waals surface area contributed by atoms with Gasteiger partial charge in [0.2, 0.25) is 53.2 Å². The molecule has 36 heteroatoms. The van der Waals surface area contributed by atoms with Crippen molar-refractivity contribution in [1.29, 1.82) is 0 Å². The third kappa shape index (κ3) is 25.1. The van der Waals surface area contributed by atoms with Crippen molar-refractivity contribution in [3.63, 3.8) is 0 Å². The molecule has 4 saturated heterocycles. The zero-order valence-corrected chi connectivity index (χ0v) is 84.4. The van der Waals surface area contributed by atoms with E-state index in [0.29, 0.717) is 63.7 Å². The van der Waals surface area contributed by atoms with E-state index in [-0.39, 0.29) is 91.1 Å². The molecule has 6 amide bonds. The van der Waals surface area contributed by atoms with Gasteiger partial charge in [-0.1, -0.05) is 114 Å². The molecule has 12 heterocycles. The number of β-amino-alcohol motifs (C(OH)–C–C–N with tert-alkyl or cyclic N) is 2. The first-order valence-electron chi connectivity index (χ1n) is 47.0. The summed E-state index contributed by atoms with van der Waals surface area (Å²) < 4.78 is 11.6. The van der Waals surface area contributed by atoms with E-state index in [2.05, 4.69) is 165 Å². The SMILES string of the molecule is C=CCn1c(=O)c2cnc(Nc3ccc(N4CCN(C)CC4)cc3)nc2n1-c1cccc(C(C)(C)O)n1.C=CCn1c(=O)c2cnc(Nc3ccc(N4CCN(C)CC4)cc3)nc2n1-c1cccc(OC)n1.CC(=O)N[C@@H](C(=O)N1C[C@@H](O)C[C@@H]1C(=O)N[C@H](C)c1ccc(-c2sccc2C)cc1)C(C)(C)C.CC(=O)N[C@@H](C(=O)N1C[C@@H](O)C[C@@H]1C(=O)N[C@H](C)c1ccc(-c2sccc2C)cc1)C(C)(C)C. The van der Waals surface area contributed by atoms with Gasteiger partial charge in [-0.05, 0) is 189 Å². The van der Waals surface area contributed by atoms with Gasteiger partial charge in [-0.25, -0.2) is 33.7 Å². The molecule has 9 N–H and O–H groups in total. The molecule has 8 atom stereocenters. The summed E-state index contributed by atoms with van der Waals surface area (Å²) >= 11 is 3.40. The number of nitrogens with one attached hydrogen (secondary N) is 6. The third-order valence-electron chi connectivity index (χ3n) is 25.1. The maximum Gasteiger partial charge on any atom is 0.278 e. The Morgan fingerprint density at radius 3 is 1.23 bits per heavy atom. The van der Waals surface area contributed by atoms with Crippen LogP contribution in [-0.2, 0) is 47.5 Å². The van der Waals surface area contributed by atoms with Gasteiger partial charge < -0.3 is 81.4 Å². The highest BCUT2D eigenvalue weighted by Crippen LogP contribution is 2.36. The fourth-order valence-electron chi connectivity index (χ4n) is 17.2. The number of fused-ring (bicyclic) bond motifs is 2. The standard InChI is InChI=1S/C27H32N8O2.2C26H35N3O4S.C25H28N8O2/c1-5-13-34-25(36)21-18-28-26(29-19-9-11-20(12-10-19)33-16-14-32(4)15-17-33)31-24(21)35(34)23-8-6-7-22(30-23)27(2,3)37;2*1-15-11-12-34-22(15)19-9-7-18(8-10-19)16(2)27-24(32)21-13-20(31)14-29(21)25(33)23(26(4,5)6)28-17(3)30;1-4-12-32-24(34)20-17-26-25(29-23(20)33(32)21-6-5-7-22(28-21)35-3)27-18-8-10-19(11-9-18)31-15-13-30(2)14-16-31/h5-12,18,37H,1,13-17H2,2-4H3,(H,28,29,31);2*7-12,16,20-21,23,31H,13-14H2,1-6H3,(H,27,32)(H,28,30);4-11,17H,1,12-16H2,2-3H3,(H,26,27,29)/t;2*16-,20+,21-,23+;/m.11./s1. The maximum atomic E-state index is 13.3. The van der Waals surface area contributed by atoms with E-state index in [1.165, 1.54) is 71.5 Å². The number of nitrogens with zero attached hydrogens (tertiary/aromatic N) is 16. The normalized spacial score (nSPS) is 17.2. The van der Waals surface area contributed by atoms with Gasteiger partial charge in [-0.2, -0.15) is 15.0 Å². The summed E-state index contributed by atoms with van der Waals surface area (Å²) in [4.78, 5) is 145. The first-order chi connectivity index (χ1) is 66.6. The molecule has 4 aliphatic rings. The number of hydrogen-bond donors (Lipinski definition) is 9. The summed E-state index contributed by atoms with van der Waals surface area (Å²) in [7, 11) is 5.85. The average molecular weight is 1940 g/mol. The second kappa shape index (κ2) is 45.1. The number of piperazine rings is 2. The molecule has 8 aromatic heterocycles. The van der Waals surface area contributed by atoms with Crippen molar-refractivity contribution in [2.75, 3.05) is 107 Å². The number of benzene rings is 4. The second-order valence-corrected chi connectivity index (χ2v) is 40.4. The summed E-state index contributed by atoms with van der Waals surface area (Å²) in [6.45, 7) is 41.7. The molecule has 4 aliphatic heterocycles. The van der Waals surface area contributed by atoms with Gasteiger partial charge >= 0.3 is 0 Å². The Hall–Kier alpha value is -13.6. The highest BCUT2D eigenvalue weighted by molar-refractivity contribution is 7.14. The van der Waals surface area contributed by atoms with Gasteiger partial charge in [0.25, 0.3) is 11.1 Å².